The second-order valence-corrected chi connectivity index (χ2v) is 9.69. The van der Waals surface area contributed by atoms with Gasteiger partial charge in [0.25, 0.3) is 11.8 Å². The Hall–Kier alpha value is -3.30. The fraction of sp³-hybridized carbons (Fsp3) is 0.292. The zero-order chi connectivity index (χ0) is 24.2. The molecule has 176 valence electrons. The van der Waals surface area contributed by atoms with Crippen molar-refractivity contribution in [2.24, 2.45) is 5.92 Å². The Labute approximate surface area is 206 Å². The molecule has 2 aromatic carbocycles. The molecule has 1 atom stereocenters. The molecule has 0 spiro atoms. The lowest BCUT2D eigenvalue weighted by Gasteiger charge is -2.31. The maximum Gasteiger partial charge on any atom is 0.286 e. The first-order valence-corrected chi connectivity index (χ1v) is 12.1. The van der Waals surface area contributed by atoms with Gasteiger partial charge in [0.1, 0.15) is 0 Å². The van der Waals surface area contributed by atoms with Crippen molar-refractivity contribution in [2.45, 2.75) is 26.7 Å². The third kappa shape index (κ3) is 5.60. The molecule has 1 aliphatic rings. The van der Waals surface area contributed by atoms with E-state index >= 15 is 0 Å². The number of anilines is 2. The molecule has 34 heavy (non-hydrogen) atoms. The maximum absolute atomic E-state index is 13.0. The topological polar surface area (TPSA) is 104 Å². The predicted molar refractivity (Wildman–Crippen MR) is 132 cm³/mol. The molecule has 3 amide bonds. The number of nitrogens with zero attached hydrogens (tertiary/aromatic N) is 3. The number of carbonyl (C=O) groups is 3. The molecule has 1 aromatic heterocycles. The number of halogens is 1. The summed E-state index contributed by atoms with van der Waals surface area (Å²) in [5, 5.41) is 14.2. The largest absolute Gasteiger partial charge is 0.336 e. The first-order chi connectivity index (χ1) is 16.3. The van der Waals surface area contributed by atoms with Crippen molar-refractivity contribution < 1.29 is 14.4 Å². The summed E-state index contributed by atoms with van der Waals surface area (Å²) in [6.45, 7) is 4.77. The highest BCUT2D eigenvalue weighted by Crippen LogP contribution is 2.24. The third-order valence-corrected chi connectivity index (χ3v) is 6.75. The zero-order valence-corrected chi connectivity index (χ0v) is 20.4. The van der Waals surface area contributed by atoms with E-state index in [1.165, 1.54) is 0 Å². The predicted octanol–water partition coefficient (Wildman–Crippen LogP) is 4.55. The van der Waals surface area contributed by atoms with Gasteiger partial charge >= 0.3 is 0 Å². The maximum atomic E-state index is 13.0. The van der Waals surface area contributed by atoms with Crippen molar-refractivity contribution >= 4 is 52.0 Å². The number of aromatic nitrogens is 2. The van der Waals surface area contributed by atoms with E-state index in [0.717, 1.165) is 28.2 Å². The Bertz CT molecular complexity index is 1240. The first kappa shape index (κ1) is 23.8. The molecule has 0 aliphatic carbocycles. The number of carbonyl (C=O) groups excluding carboxylic acids is 3. The molecule has 8 nitrogen and oxygen atoms in total. The summed E-state index contributed by atoms with van der Waals surface area (Å²) < 4.78 is 0. The number of piperidine rings is 1. The van der Waals surface area contributed by atoms with Crippen molar-refractivity contribution in [3.8, 4) is 0 Å². The minimum Gasteiger partial charge on any atom is -0.336 e. The quantitative estimate of drug-likeness (QED) is 0.538. The van der Waals surface area contributed by atoms with Gasteiger partial charge in [-0.2, -0.15) is 0 Å². The van der Waals surface area contributed by atoms with Crippen LogP contribution in [0.3, 0.4) is 0 Å². The Kier molecular flexibility index (Phi) is 7.23. The number of amides is 3. The van der Waals surface area contributed by atoms with Crippen LogP contribution in [0.25, 0.3) is 0 Å². The van der Waals surface area contributed by atoms with Crippen LogP contribution >= 0.6 is 22.9 Å². The Balaban J connectivity index is 1.38. The smallest absolute Gasteiger partial charge is 0.286 e. The van der Waals surface area contributed by atoms with E-state index in [0.29, 0.717) is 36.6 Å². The summed E-state index contributed by atoms with van der Waals surface area (Å²) in [5.41, 5.74) is 3.42. The van der Waals surface area contributed by atoms with E-state index in [9.17, 15) is 14.4 Å². The van der Waals surface area contributed by atoms with Crippen molar-refractivity contribution in [1.82, 2.24) is 15.1 Å². The fourth-order valence-corrected chi connectivity index (χ4v) is 4.75. The molecule has 0 bridgehead atoms. The van der Waals surface area contributed by atoms with Gasteiger partial charge < -0.3 is 15.5 Å². The van der Waals surface area contributed by atoms with Crippen LogP contribution in [-0.2, 0) is 4.79 Å². The molecule has 1 fully saturated rings. The number of rotatable bonds is 5. The van der Waals surface area contributed by atoms with Crippen LogP contribution < -0.4 is 10.6 Å². The van der Waals surface area contributed by atoms with Gasteiger partial charge in [0.05, 0.1) is 5.92 Å². The van der Waals surface area contributed by atoms with Crippen molar-refractivity contribution in [3.63, 3.8) is 0 Å². The van der Waals surface area contributed by atoms with E-state index in [2.05, 4.69) is 20.8 Å². The van der Waals surface area contributed by atoms with Crippen molar-refractivity contribution in [1.29, 1.82) is 0 Å². The van der Waals surface area contributed by atoms with Crippen LogP contribution in [-0.4, -0.2) is 45.9 Å². The summed E-state index contributed by atoms with van der Waals surface area (Å²) in [6, 6.07) is 12.6. The highest BCUT2D eigenvalue weighted by molar-refractivity contribution is 7.15. The number of likely N-dealkylation sites (tertiary alicyclic amines) is 1. The first-order valence-electron chi connectivity index (χ1n) is 10.9. The van der Waals surface area contributed by atoms with Gasteiger partial charge in [0, 0.05) is 29.5 Å². The van der Waals surface area contributed by atoms with Crippen LogP contribution in [0.2, 0.25) is 5.02 Å². The molecule has 1 aliphatic heterocycles. The van der Waals surface area contributed by atoms with Crippen LogP contribution in [0.4, 0.5) is 11.4 Å². The van der Waals surface area contributed by atoms with Gasteiger partial charge in [-0.25, -0.2) is 0 Å². The molecular formula is C24H24ClN5O3S. The summed E-state index contributed by atoms with van der Waals surface area (Å²) in [5.74, 6) is -1.23. The normalized spacial score (nSPS) is 15.6. The molecule has 2 N–H and O–H groups in total. The van der Waals surface area contributed by atoms with E-state index in [1.54, 1.807) is 29.2 Å². The second kappa shape index (κ2) is 10.3. The van der Waals surface area contributed by atoms with Crippen LogP contribution in [0.15, 0.2) is 42.5 Å². The second-order valence-electron chi connectivity index (χ2n) is 8.27. The fourth-order valence-electron chi connectivity index (χ4n) is 3.85. The lowest BCUT2D eigenvalue weighted by molar-refractivity contribution is -0.121. The van der Waals surface area contributed by atoms with Gasteiger partial charge in [-0.3, -0.25) is 14.4 Å². The monoisotopic (exact) mass is 497 g/mol. The standard InChI is InChI=1S/C24H24ClN5O3S/c1-14-8-9-19(15(2)11-14)27-20(31)16-5-4-10-30(13-16)24(33)23-29-28-22(34-23)21(32)26-18-7-3-6-17(25)12-18/h3,6-9,11-12,16H,4-5,10,13H2,1-2H3,(H,26,32)(H,27,31)/t16-/m0/s1. The lowest BCUT2D eigenvalue weighted by Crippen LogP contribution is -2.43. The van der Waals surface area contributed by atoms with Gasteiger partial charge in [0.2, 0.25) is 15.9 Å². The molecule has 4 rings (SSSR count). The van der Waals surface area contributed by atoms with Crippen LogP contribution in [0.1, 0.15) is 43.6 Å². The third-order valence-electron chi connectivity index (χ3n) is 5.60. The molecule has 10 heteroatoms. The molecule has 0 unspecified atom stereocenters. The van der Waals surface area contributed by atoms with E-state index in [-0.39, 0.29) is 27.7 Å². The highest BCUT2D eigenvalue weighted by Gasteiger charge is 2.31. The molecular weight excluding hydrogens is 474 g/mol. The highest BCUT2D eigenvalue weighted by atomic mass is 35.5. The summed E-state index contributed by atoms with van der Waals surface area (Å²) in [7, 11) is 0. The SMILES string of the molecule is Cc1ccc(NC(=O)[C@H]2CCCN(C(=O)c3nnc(C(=O)Nc4cccc(Cl)c4)s3)C2)c(C)c1. The van der Waals surface area contributed by atoms with E-state index in [1.807, 2.05) is 32.0 Å². The van der Waals surface area contributed by atoms with E-state index < -0.39 is 5.91 Å². The zero-order valence-electron chi connectivity index (χ0n) is 18.8. The van der Waals surface area contributed by atoms with Crippen LogP contribution in [0.5, 0.6) is 0 Å². The molecule has 0 saturated carbocycles. The Morgan fingerprint density at radius 2 is 1.85 bits per heavy atom. The minimum absolute atomic E-state index is 0.0736. The Morgan fingerprint density at radius 1 is 1.06 bits per heavy atom. The average molecular weight is 498 g/mol. The average Bonchev–Trinajstić information content (AvgIpc) is 3.31. The van der Waals surface area contributed by atoms with Gasteiger partial charge in [0.15, 0.2) is 0 Å². The Morgan fingerprint density at radius 3 is 2.62 bits per heavy atom. The van der Waals surface area contributed by atoms with E-state index in [4.69, 9.17) is 11.6 Å². The van der Waals surface area contributed by atoms with Crippen LogP contribution in [0, 0.1) is 19.8 Å². The lowest BCUT2D eigenvalue weighted by atomic mass is 9.96. The van der Waals surface area contributed by atoms with Crippen molar-refractivity contribution in [2.75, 3.05) is 23.7 Å². The number of nitrogens with one attached hydrogen (secondary N) is 2. The van der Waals surface area contributed by atoms with Gasteiger partial charge in [-0.1, -0.05) is 46.7 Å². The molecule has 1 saturated heterocycles. The summed E-state index contributed by atoms with van der Waals surface area (Å²) >= 11 is 6.87. The number of hydrogen-bond donors (Lipinski definition) is 2. The van der Waals surface area contributed by atoms with Gasteiger partial charge in [-0.15, -0.1) is 10.2 Å². The van der Waals surface area contributed by atoms with Crippen molar-refractivity contribution in [3.05, 3.63) is 68.6 Å². The number of aryl methyl sites for hydroxylation is 2. The molecule has 0 radical (unpaired) electrons. The molecule has 2 heterocycles. The van der Waals surface area contributed by atoms with Gasteiger partial charge in [-0.05, 0) is 56.5 Å². The minimum atomic E-state index is -0.469. The summed E-state index contributed by atoms with van der Waals surface area (Å²) in [6.07, 6.45) is 1.40. The number of hydrogen-bond acceptors (Lipinski definition) is 6. The summed E-state index contributed by atoms with van der Waals surface area (Å²) in [4.78, 5) is 40.0. The molecule has 3 aromatic rings. The number of benzene rings is 2.